The van der Waals surface area contributed by atoms with Crippen LogP contribution in [0.4, 0.5) is 10.2 Å². The van der Waals surface area contributed by atoms with Gasteiger partial charge in [0.2, 0.25) is 6.79 Å². The van der Waals surface area contributed by atoms with E-state index in [2.05, 4.69) is 15.0 Å². The first-order chi connectivity index (χ1) is 9.70. The number of ether oxygens (including phenoxy) is 2. The van der Waals surface area contributed by atoms with E-state index in [1.165, 1.54) is 6.34 Å². The van der Waals surface area contributed by atoms with E-state index in [-0.39, 0.29) is 18.6 Å². The van der Waals surface area contributed by atoms with E-state index >= 15 is 0 Å². The van der Waals surface area contributed by atoms with Crippen LogP contribution < -0.4 is 4.74 Å². The molecule has 1 aromatic rings. The number of halogens is 1. The molecular weight excluding hydrogens is 279 g/mol. The first-order valence-corrected chi connectivity index (χ1v) is 6.23. The fourth-order valence-corrected chi connectivity index (χ4v) is 1.02. The van der Waals surface area contributed by atoms with E-state index in [4.69, 9.17) is 9.47 Å². The normalized spacial score (nSPS) is 11.5. The molecule has 0 aliphatic rings. The molecule has 116 valence electrons. The monoisotopic (exact) mass is 298 g/mol. The topological polar surface area (TPSA) is 76.9 Å². The van der Waals surface area contributed by atoms with Gasteiger partial charge in [0, 0.05) is 14.1 Å². The van der Waals surface area contributed by atoms with Crippen LogP contribution in [-0.2, 0) is 9.53 Å². The number of aliphatic imine (C=N–C) groups is 1. The third-order valence-corrected chi connectivity index (χ3v) is 2.10. The molecule has 0 aliphatic heterocycles. The van der Waals surface area contributed by atoms with Gasteiger partial charge in [-0.15, -0.1) is 0 Å². The molecule has 21 heavy (non-hydrogen) atoms. The van der Waals surface area contributed by atoms with Gasteiger partial charge in [0.1, 0.15) is 0 Å². The highest BCUT2D eigenvalue weighted by Gasteiger charge is 2.23. The average molecular weight is 298 g/mol. The van der Waals surface area contributed by atoms with Gasteiger partial charge in [-0.1, -0.05) is 0 Å². The average Bonchev–Trinajstić information content (AvgIpc) is 2.37. The van der Waals surface area contributed by atoms with Gasteiger partial charge in [-0.05, 0) is 20.8 Å². The number of aromatic nitrogens is 2. The Morgan fingerprint density at radius 3 is 2.71 bits per heavy atom. The van der Waals surface area contributed by atoms with E-state index in [0.29, 0.717) is 0 Å². The van der Waals surface area contributed by atoms with Crippen LogP contribution in [-0.4, -0.2) is 48.1 Å². The molecule has 0 amide bonds. The SMILES string of the molecule is CN(C)/C=N/c1nc(OCOC(=O)C(C)(C)C)ncc1F. The van der Waals surface area contributed by atoms with E-state index in [9.17, 15) is 9.18 Å². The number of hydrogen-bond donors (Lipinski definition) is 0. The van der Waals surface area contributed by atoms with Crippen molar-refractivity contribution in [1.29, 1.82) is 0 Å². The summed E-state index contributed by atoms with van der Waals surface area (Å²) in [7, 11) is 3.48. The maximum Gasteiger partial charge on any atom is 0.321 e. The molecule has 7 nitrogen and oxygen atoms in total. The Labute approximate surface area is 122 Å². The molecule has 0 saturated carbocycles. The van der Waals surface area contributed by atoms with Gasteiger partial charge in [-0.25, -0.2) is 14.4 Å². The second-order valence-corrected chi connectivity index (χ2v) is 5.48. The van der Waals surface area contributed by atoms with Crippen LogP contribution in [0.3, 0.4) is 0 Å². The molecule has 0 unspecified atom stereocenters. The van der Waals surface area contributed by atoms with Gasteiger partial charge in [0.05, 0.1) is 18.0 Å². The van der Waals surface area contributed by atoms with E-state index in [1.807, 2.05) is 0 Å². The number of carbonyl (C=O) groups is 1. The lowest BCUT2D eigenvalue weighted by Crippen LogP contribution is -2.24. The van der Waals surface area contributed by atoms with Gasteiger partial charge in [-0.2, -0.15) is 4.98 Å². The minimum atomic E-state index is -0.674. The van der Waals surface area contributed by atoms with Gasteiger partial charge in [-0.3, -0.25) is 4.79 Å². The number of esters is 1. The maximum absolute atomic E-state index is 13.4. The minimum absolute atomic E-state index is 0.121. The van der Waals surface area contributed by atoms with Gasteiger partial charge in [0.15, 0.2) is 11.6 Å². The van der Waals surface area contributed by atoms with Gasteiger partial charge in [0.25, 0.3) is 0 Å². The van der Waals surface area contributed by atoms with Crippen LogP contribution in [0, 0.1) is 11.2 Å². The summed E-state index contributed by atoms with van der Waals surface area (Å²) in [6.07, 6.45) is 2.34. The van der Waals surface area contributed by atoms with E-state index < -0.39 is 17.2 Å². The van der Waals surface area contributed by atoms with Crippen molar-refractivity contribution in [2.75, 3.05) is 20.9 Å². The lowest BCUT2D eigenvalue weighted by Gasteiger charge is -2.16. The summed E-state index contributed by atoms with van der Waals surface area (Å²) < 4.78 is 23.4. The third kappa shape index (κ3) is 5.72. The first-order valence-electron chi connectivity index (χ1n) is 6.23. The highest BCUT2D eigenvalue weighted by molar-refractivity contribution is 5.75. The first kappa shape index (κ1) is 16.8. The zero-order valence-corrected chi connectivity index (χ0v) is 12.8. The summed E-state index contributed by atoms with van der Waals surface area (Å²) in [5.41, 5.74) is -0.631. The maximum atomic E-state index is 13.4. The van der Waals surface area contributed by atoms with Crippen LogP contribution in [0.1, 0.15) is 20.8 Å². The standard InChI is InChI=1S/C13H19FN4O3/c1-13(2,3)11(19)20-8-21-12-15-6-9(14)10(17-12)16-7-18(4)5/h6-7H,8H2,1-5H3/b16-7+. The van der Waals surface area contributed by atoms with Gasteiger partial charge >= 0.3 is 12.0 Å². The second-order valence-electron chi connectivity index (χ2n) is 5.48. The zero-order chi connectivity index (χ0) is 16.0. The zero-order valence-electron chi connectivity index (χ0n) is 12.8. The Balaban J connectivity index is 2.65. The summed E-state index contributed by atoms with van der Waals surface area (Å²) in [6.45, 7) is 4.81. The Morgan fingerprint density at radius 1 is 1.48 bits per heavy atom. The molecule has 0 aromatic carbocycles. The highest BCUT2D eigenvalue weighted by atomic mass is 19.1. The van der Waals surface area contributed by atoms with Crippen LogP contribution in [0.15, 0.2) is 11.2 Å². The number of nitrogens with zero attached hydrogens (tertiary/aromatic N) is 4. The smallest absolute Gasteiger partial charge is 0.321 e. The van der Waals surface area contributed by atoms with Crippen molar-refractivity contribution in [1.82, 2.24) is 14.9 Å². The van der Waals surface area contributed by atoms with Crippen LogP contribution >= 0.6 is 0 Å². The van der Waals surface area contributed by atoms with E-state index in [0.717, 1.165) is 6.20 Å². The molecule has 0 radical (unpaired) electrons. The Bertz CT molecular complexity index is 527. The van der Waals surface area contributed by atoms with E-state index in [1.54, 1.807) is 39.8 Å². The molecule has 0 atom stereocenters. The molecule has 0 saturated heterocycles. The highest BCUT2D eigenvalue weighted by Crippen LogP contribution is 2.17. The molecule has 1 rings (SSSR count). The molecule has 0 fully saturated rings. The molecule has 0 aliphatic carbocycles. The quantitative estimate of drug-likeness (QED) is 0.357. The molecule has 8 heteroatoms. The second kappa shape index (κ2) is 6.96. The summed E-state index contributed by atoms with van der Waals surface area (Å²) in [5, 5.41) is 0. The number of carbonyl (C=O) groups excluding carboxylic acids is 1. The number of rotatable bonds is 5. The molecule has 0 spiro atoms. The fourth-order valence-electron chi connectivity index (χ4n) is 1.02. The van der Waals surface area contributed by atoms with Gasteiger partial charge < -0.3 is 14.4 Å². The summed E-state index contributed by atoms with van der Waals surface area (Å²) >= 11 is 0. The van der Waals surface area contributed by atoms with Crippen LogP contribution in [0.25, 0.3) is 0 Å². The largest absolute Gasteiger partial charge is 0.427 e. The molecule has 0 N–H and O–H groups in total. The summed E-state index contributed by atoms with van der Waals surface area (Å²) in [5.74, 6) is -1.25. The van der Waals surface area contributed by atoms with Crippen LogP contribution in [0.5, 0.6) is 6.01 Å². The Morgan fingerprint density at radius 2 is 2.14 bits per heavy atom. The fraction of sp³-hybridized carbons (Fsp3) is 0.538. The van der Waals surface area contributed by atoms with Crippen LogP contribution in [0.2, 0.25) is 0 Å². The van der Waals surface area contributed by atoms with Crippen molar-refractivity contribution in [2.24, 2.45) is 10.4 Å². The Hall–Kier alpha value is -2.25. The predicted molar refractivity (Wildman–Crippen MR) is 74.9 cm³/mol. The minimum Gasteiger partial charge on any atom is -0.427 e. The lowest BCUT2D eigenvalue weighted by atomic mass is 9.98. The lowest BCUT2D eigenvalue weighted by molar-refractivity contribution is -0.159. The van der Waals surface area contributed by atoms with Crippen molar-refractivity contribution >= 4 is 18.1 Å². The predicted octanol–water partition coefficient (Wildman–Crippen LogP) is 1.76. The summed E-state index contributed by atoms with van der Waals surface area (Å²) in [4.78, 5) is 24.4. The molecule has 0 bridgehead atoms. The number of hydrogen-bond acceptors (Lipinski definition) is 6. The Kier molecular flexibility index (Phi) is 5.57. The molecule has 1 heterocycles. The molecule has 1 aromatic heterocycles. The summed E-state index contributed by atoms with van der Waals surface area (Å²) in [6, 6.07) is -0.121. The third-order valence-electron chi connectivity index (χ3n) is 2.10. The van der Waals surface area contributed by atoms with Crippen molar-refractivity contribution in [3.05, 3.63) is 12.0 Å². The van der Waals surface area contributed by atoms with Crippen molar-refractivity contribution < 1.29 is 18.7 Å². The molecular formula is C13H19FN4O3. The van der Waals surface area contributed by atoms with Crippen molar-refractivity contribution in [3.63, 3.8) is 0 Å². The van der Waals surface area contributed by atoms with Crippen molar-refractivity contribution in [3.8, 4) is 6.01 Å². The van der Waals surface area contributed by atoms with Crippen molar-refractivity contribution in [2.45, 2.75) is 20.8 Å².